The maximum absolute atomic E-state index is 13.2. The Hall–Kier alpha value is -1.80. The molecule has 1 amide bonds. The molecule has 0 N–H and O–H groups in total. The summed E-state index contributed by atoms with van der Waals surface area (Å²) < 4.78 is 44.8. The first-order chi connectivity index (χ1) is 12.4. The van der Waals surface area contributed by atoms with Gasteiger partial charge in [0.2, 0.25) is 0 Å². The molecule has 2 aliphatic rings. The number of piperazine rings is 1. The maximum atomic E-state index is 13.2. The molecular weight excluding hydrogens is 347 g/mol. The van der Waals surface area contributed by atoms with Gasteiger partial charge in [-0.25, -0.2) is 0 Å². The minimum Gasteiger partial charge on any atom is -0.381 e. The van der Waals surface area contributed by atoms with Crippen molar-refractivity contribution in [3.8, 4) is 0 Å². The van der Waals surface area contributed by atoms with Crippen LogP contribution >= 0.6 is 0 Å². The van der Waals surface area contributed by atoms with Crippen molar-refractivity contribution in [1.29, 1.82) is 0 Å². The molecule has 0 unspecified atom stereocenters. The fourth-order valence-corrected chi connectivity index (χ4v) is 3.39. The zero-order valence-electron chi connectivity index (χ0n) is 14.8. The summed E-state index contributed by atoms with van der Waals surface area (Å²) in [5.41, 5.74) is 0.995. The average molecular weight is 370 g/mol. The minimum atomic E-state index is -4.92. The molecule has 3 rings (SSSR count). The van der Waals surface area contributed by atoms with E-state index in [-0.39, 0.29) is 5.69 Å². The molecule has 0 atom stereocenters. The van der Waals surface area contributed by atoms with Crippen molar-refractivity contribution in [2.45, 2.75) is 25.1 Å². The van der Waals surface area contributed by atoms with Gasteiger partial charge < -0.3 is 19.4 Å². The zero-order valence-corrected chi connectivity index (χ0v) is 14.8. The first kappa shape index (κ1) is 19.0. The van der Waals surface area contributed by atoms with Crippen LogP contribution in [-0.2, 0) is 9.53 Å². The summed E-state index contributed by atoms with van der Waals surface area (Å²) in [6.07, 6.45) is -4.15. The number of amides is 1. The van der Waals surface area contributed by atoms with Gasteiger partial charge in [0, 0.05) is 57.2 Å². The van der Waals surface area contributed by atoms with E-state index in [1.54, 1.807) is 12.1 Å². The van der Waals surface area contributed by atoms with E-state index in [9.17, 15) is 18.0 Å². The van der Waals surface area contributed by atoms with Crippen molar-refractivity contribution in [3.63, 3.8) is 0 Å². The average Bonchev–Trinajstić information content (AvgIpc) is 2.63. The van der Waals surface area contributed by atoms with Crippen LogP contribution in [-0.4, -0.2) is 69.5 Å². The lowest BCUT2D eigenvalue weighted by Gasteiger charge is -2.36. The fraction of sp³-hybridized carbons (Fsp3) is 0.611. The van der Waals surface area contributed by atoms with Gasteiger partial charge in [-0.15, -0.1) is 0 Å². The van der Waals surface area contributed by atoms with E-state index >= 15 is 0 Å². The Labute approximate surface area is 151 Å². The summed E-state index contributed by atoms with van der Waals surface area (Å²) in [6.45, 7) is 4.07. The zero-order chi connectivity index (χ0) is 18.7. The van der Waals surface area contributed by atoms with Crippen molar-refractivity contribution < 1.29 is 22.7 Å². The molecule has 2 saturated heterocycles. The Morgan fingerprint density at radius 3 is 2.50 bits per heavy atom. The van der Waals surface area contributed by atoms with Crippen molar-refractivity contribution in [2.24, 2.45) is 0 Å². The standard InChI is InChI=1S/C18H23F3N3O2/c1-22-7-9-23(10-8-22)15-3-2-4-16(13-15)24(17(25)18(19,20)21)14-5-11-26-12-6-14/h2-3,13-14H,5-12H2,1H3. The number of anilines is 2. The number of carbonyl (C=O) groups excluding carboxylic acids is 1. The Balaban J connectivity index is 1.88. The lowest BCUT2D eigenvalue weighted by Crippen LogP contribution is -2.49. The van der Waals surface area contributed by atoms with Crippen LogP contribution in [0, 0.1) is 6.07 Å². The first-order valence-electron chi connectivity index (χ1n) is 8.79. The molecule has 0 aromatic heterocycles. The topological polar surface area (TPSA) is 36.0 Å². The van der Waals surface area contributed by atoms with Crippen LogP contribution in [0.3, 0.4) is 0 Å². The highest BCUT2D eigenvalue weighted by atomic mass is 19.4. The molecule has 0 aliphatic carbocycles. The van der Waals surface area contributed by atoms with E-state index in [0.29, 0.717) is 26.1 Å². The number of halogens is 3. The van der Waals surface area contributed by atoms with Crippen LogP contribution < -0.4 is 9.80 Å². The molecule has 5 nitrogen and oxygen atoms in total. The number of benzene rings is 1. The Morgan fingerprint density at radius 1 is 1.23 bits per heavy atom. The third-order valence-electron chi connectivity index (χ3n) is 4.92. The van der Waals surface area contributed by atoms with Crippen LogP contribution in [0.15, 0.2) is 18.2 Å². The van der Waals surface area contributed by atoms with Crippen LogP contribution in [0.5, 0.6) is 0 Å². The molecular formula is C18H23F3N3O2. The second-order valence-corrected chi connectivity index (χ2v) is 6.74. The second kappa shape index (κ2) is 7.84. The molecule has 2 aliphatic heterocycles. The van der Waals surface area contributed by atoms with Gasteiger partial charge in [-0.3, -0.25) is 4.79 Å². The van der Waals surface area contributed by atoms with E-state index in [1.165, 1.54) is 0 Å². The van der Waals surface area contributed by atoms with E-state index in [1.807, 2.05) is 13.1 Å². The number of alkyl halides is 3. The van der Waals surface area contributed by atoms with Gasteiger partial charge in [0.05, 0.1) is 5.69 Å². The van der Waals surface area contributed by atoms with E-state index < -0.39 is 18.1 Å². The third-order valence-corrected chi connectivity index (χ3v) is 4.92. The van der Waals surface area contributed by atoms with Crippen molar-refractivity contribution in [1.82, 2.24) is 4.90 Å². The predicted molar refractivity (Wildman–Crippen MR) is 92.4 cm³/mol. The maximum Gasteiger partial charge on any atom is 0.471 e. The van der Waals surface area contributed by atoms with E-state index in [4.69, 9.17) is 4.74 Å². The first-order valence-corrected chi connectivity index (χ1v) is 8.79. The Morgan fingerprint density at radius 2 is 1.88 bits per heavy atom. The molecule has 8 heteroatoms. The molecule has 0 bridgehead atoms. The molecule has 1 aromatic rings. The normalized spacial score (nSPS) is 20.2. The van der Waals surface area contributed by atoms with Crippen LogP contribution in [0.2, 0.25) is 0 Å². The largest absolute Gasteiger partial charge is 0.471 e. The number of rotatable bonds is 3. The smallest absolute Gasteiger partial charge is 0.381 e. The van der Waals surface area contributed by atoms with Crippen LogP contribution in [0.25, 0.3) is 0 Å². The third kappa shape index (κ3) is 4.29. The van der Waals surface area contributed by atoms with Gasteiger partial charge in [0.15, 0.2) is 0 Å². The predicted octanol–water partition coefficient (Wildman–Crippen LogP) is 2.31. The lowest BCUT2D eigenvalue weighted by molar-refractivity contribution is -0.171. The summed E-state index contributed by atoms with van der Waals surface area (Å²) in [5, 5.41) is 0. The summed E-state index contributed by atoms with van der Waals surface area (Å²) in [5.74, 6) is -1.84. The Bertz CT molecular complexity index is 624. The van der Waals surface area contributed by atoms with Gasteiger partial charge in [-0.05, 0) is 32.0 Å². The monoisotopic (exact) mass is 370 g/mol. The molecule has 26 heavy (non-hydrogen) atoms. The lowest BCUT2D eigenvalue weighted by atomic mass is 10.1. The van der Waals surface area contributed by atoms with Crippen molar-refractivity contribution in [2.75, 3.05) is 56.2 Å². The molecule has 2 fully saturated rings. The second-order valence-electron chi connectivity index (χ2n) is 6.74. The summed E-state index contributed by atoms with van der Waals surface area (Å²) in [7, 11) is 2.04. The highest BCUT2D eigenvalue weighted by Gasteiger charge is 2.45. The van der Waals surface area contributed by atoms with Crippen molar-refractivity contribution in [3.05, 3.63) is 24.3 Å². The molecule has 2 heterocycles. The number of ether oxygens (including phenoxy) is 1. The number of hydrogen-bond donors (Lipinski definition) is 0. The molecule has 1 radical (unpaired) electrons. The molecule has 143 valence electrons. The van der Waals surface area contributed by atoms with E-state index in [2.05, 4.69) is 15.9 Å². The highest BCUT2D eigenvalue weighted by molar-refractivity contribution is 5.98. The van der Waals surface area contributed by atoms with E-state index in [0.717, 1.165) is 36.8 Å². The summed E-state index contributed by atoms with van der Waals surface area (Å²) in [4.78, 5) is 17.3. The van der Waals surface area contributed by atoms with Gasteiger partial charge >= 0.3 is 12.1 Å². The number of carbonyl (C=O) groups is 1. The molecule has 0 saturated carbocycles. The number of hydrogen-bond acceptors (Lipinski definition) is 4. The minimum absolute atomic E-state index is 0.177. The number of nitrogens with zero attached hydrogens (tertiary/aromatic N) is 3. The fourth-order valence-electron chi connectivity index (χ4n) is 3.39. The quantitative estimate of drug-likeness (QED) is 0.818. The highest BCUT2D eigenvalue weighted by Crippen LogP contribution is 2.31. The molecule has 0 spiro atoms. The van der Waals surface area contributed by atoms with Crippen LogP contribution in [0.4, 0.5) is 24.5 Å². The van der Waals surface area contributed by atoms with Crippen LogP contribution in [0.1, 0.15) is 12.8 Å². The summed E-state index contributed by atoms with van der Waals surface area (Å²) >= 11 is 0. The van der Waals surface area contributed by atoms with Gasteiger partial charge in [0.1, 0.15) is 0 Å². The SMILES string of the molecule is CN1CCN(c2cc[c]c(N(C(=O)C(F)(F)F)C3CCOCC3)c2)CC1. The van der Waals surface area contributed by atoms with Gasteiger partial charge in [-0.1, -0.05) is 6.07 Å². The van der Waals surface area contributed by atoms with Crippen molar-refractivity contribution >= 4 is 17.3 Å². The number of likely N-dealkylation sites (N-methyl/N-ethyl adjacent to an activating group) is 1. The summed E-state index contributed by atoms with van der Waals surface area (Å²) in [6, 6.07) is 7.37. The molecule has 1 aromatic carbocycles. The van der Waals surface area contributed by atoms with Gasteiger partial charge in [-0.2, -0.15) is 13.2 Å². The van der Waals surface area contributed by atoms with Gasteiger partial charge in [0.25, 0.3) is 0 Å². The Kier molecular flexibility index (Phi) is 5.72.